The second kappa shape index (κ2) is 8.38. The van der Waals surface area contributed by atoms with E-state index in [2.05, 4.69) is 5.32 Å². The lowest BCUT2D eigenvalue weighted by Gasteiger charge is -2.15. The predicted octanol–water partition coefficient (Wildman–Crippen LogP) is 3.71. The Morgan fingerprint density at radius 1 is 1.17 bits per heavy atom. The predicted molar refractivity (Wildman–Crippen MR) is 97.0 cm³/mol. The molecular weight excluding hydrogens is 349 g/mol. The Morgan fingerprint density at radius 2 is 1.92 bits per heavy atom. The van der Waals surface area contributed by atoms with Crippen molar-refractivity contribution in [2.24, 2.45) is 0 Å². The van der Waals surface area contributed by atoms with Gasteiger partial charge >= 0.3 is 5.97 Å². The third-order valence-electron chi connectivity index (χ3n) is 3.91. The third-order valence-corrected chi connectivity index (χ3v) is 4.20. The van der Waals surface area contributed by atoms with E-state index in [0.29, 0.717) is 23.7 Å². The molecule has 2 atom stereocenters. The number of halogens is 2. The van der Waals surface area contributed by atoms with Crippen LogP contribution in [0.3, 0.4) is 0 Å². The Balaban J connectivity index is 0.00000208. The number of carbonyl (C=O) groups is 1. The molecule has 1 heterocycles. The van der Waals surface area contributed by atoms with Gasteiger partial charge < -0.3 is 14.8 Å². The van der Waals surface area contributed by atoms with Crippen molar-refractivity contribution in [1.29, 1.82) is 0 Å². The molecule has 0 aromatic heterocycles. The molecule has 6 heteroatoms. The largest absolute Gasteiger partial charge is 0.487 e. The summed E-state index contributed by atoms with van der Waals surface area (Å²) in [4.78, 5) is 11.5. The van der Waals surface area contributed by atoms with E-state index in [0.717, 1.165) is 11.1 Å². The van der Waals surface area contributed by atoms with Gasteiger partial charge in [0.2, 0.25) is 0 Å². The van der Waals surface area contributed by atoms with E-state index in [1.54, 1.807) is 0 Å². The summed E-state index contributed by atoms with van der Waals surface area (Å²) in [5.74, 6) is 0.366. The third kappa shape index (κ3) is 4.20. The summed E-state index contributed by atoms with van der Waals surface area (Å²) in [6, 6.07) is 15.5. The molecule has 1 aliphatic rings. The number of hydrogen-bond donors (Lipinski definition) is 1. The van der Waals surface area contributed by atoms with Crippen LogP contribution in [0.25, 0.3) is 11.1 Å². The van der Waals surface area contributed by atoms with Crippen molar-refractivity contribution in [2.45, 2.75) is 18.6 Å². The van der Waals surface area contributed by atoms with Gasteiger partial charge in [-0.05, 0) is 23.3 Å². The lowest BCUT2D eigenvalue weighted by Crippen LogP contribution is -2.31. The van der Waals surface area contributed by atoms with E-state index in [-0.39, 0.29) is 30.5 Å². The molecule has 0 spiro atoms. The van der Waals surface area contributed by atoms with E-state index in [1.165, 1.54) is 7.11 Å². The average molecular weight is 368 g/mol. The summed E-state index contributed by atoms with van der Waals surface area (Å²) < 4.78 is 10.7. The van der Waals surface area contributed by atoms with Gasteiger partial charge in [0.05, 0.1) is 12.1 Å². The van der Waals surface area contributed by atoms with Crippen molar-refractivity contribution in [1.82, 2.24) is 5.32 Å². The second-order valence-corrected chi connectivity index (χ2v) is 5.88. The minimum Gasteiger partial charge on any atom is -0.487 e. The van der Waals surface area contributed by atoms with Gasteiger partial charge in [-0.2, -0.15) is 0 Å². The number of benzene rings is 2. The van der Waals surface area contributed by atoms with Gasteiger partial charge in [-0.15, -0.1) is 12.4 Å². The molecule has 1 saturated heterocycles. The Bertz CT molecular complexity index is 694. The fraction of sp³-hybridized carbons (Fsp3) is 0.278. The first-order chi connectivity index (χ1) is 11.2. The Morgan fingerprint density at radius 3 is 2.58 bits per heavy atom. The number of hydrogen-bond acceptors (Lipinski definition) is 4. The summed E-state index contributed by atoms with van der Waals surface area (Å²) in [6.45, 7) is 0.594. The molecule has 24 heavy (non-hydrogen) atoms. The second-order valence-electron chi connectivity index (χ2n) is 5.47. The average Bonchev–Trinajstić information content (AvgIpc) is 3.05. The molecule has 1 aliphatic heterocycles. The molecule has 0 saturated carbocycles. The van der Waals surface area contributed by atoms with Crippen molar-refractivity contribution in [3.05, 3.63) is 53.6 Å². The smallest absolute Gasteiger partial charge is 0.323 e. The number of methoxy groups -OCH3 is 1. The van der Waals surface area contributed by atoms with Crippen LogP contribution in [0, 0.1) is 0 Å². The first-order valence-electron chi connectivity index (χ1n) is 7.50. The quantitative estimate of drug-likeness (QED) is 0.836. The maximum atomic E-state index is 11.5. The number of carbonyl (C=O) groups excluding carboxylic acids is 1. The lowest BCUT2D eigenvalue weighted by molar-refractivity contribution is -0.142. The monoisotopic (exact) mass is 367 g/mol. The van der Waals surface area contributed by atoms with Gasteiger partial charge in [-0.3, -0.25) is 4.79 Å². The van der Waals surface area contributed by atoms with E-state index >= 15 is 0 Å². The molecule has 4 nitrogen and oxygen atoms in total. The van der Waals surface area contributed by atoms with Crippen LogP contribution in [0.15, 0.2) is 48.5 Å². The number of rotatable bonds is 4. The van der Waals surface area contributed by atoms with Crippen LogP contribution in [-0.2, 0) is 9.53 Å². The van der Waals surface area contributed by atoms with Gasteiger partial charge in [0.1, 0.15) is 17.9 Å². The first kappa shape index (κ1) is 18.6. The minimum atomic E-state index is -0.313. The SMILES string of the molecule is COC(=O)[C@@H]1C[C@H](Oc2ccc(-c3ccccc3)cc2Cl)CN1.Cl. The lowest BCUT2D eigenvalue weighted by atomic mass is 10.1. The number of ether oxygens (including phenoxy) is 2. The molecule has 0 bridgehead atoms. The Kier molecular flexibility index (Phi) is 6.49. The highest BCUT2D eigenvalue weighted by Gasteiger charge is 2.31. The van der Waals surface area contributed by atoms with Crippen molar-refractivity contribution >= 4 is 30.0 Å². The molecule has 128 valence electrons. The van der Waals surface area contributed by atoms with Crippen molar-refractivity contribution < 1.29 is 14.3 Å². The fourth-order valence-corrected chi connectivity index (χ4v) is 2.93. The fourth-order valence-electron chi connectivity index (χ4n) is 2.70. The first-order valence-corrected chi connectivity index (χ1v) is 7.88. The number of nitrogens with one attached hydrogen (secondary N) is 1. The van der Waals surface area contributed by atoms with Crippen molar-refractivity contribution in [2.75, 3.05) is 13.7 Å². The highest BCUT2D eigenvalue weighted by atomic mass is 35.5. The van der Waals surface area contributed by atoms with Crippen LogP contribution >= 0.6 is 24.0 Å². The van der Waals surface area contributed by atoms with E-state index in [4.69, 9.17) is 21.1 Å². The summed E-state index contributed by atoms with van der Waals surface area (Å²) in [5, 5.41) is 3.65. The van der Waals surface area contributed by atoms with Gasteiger partial charge in [0.25, 0.3) is 0 Å². The van der Waals surface area contributed by atoms with Crippen molar-refractivity contribution in [3.8, 4) is 16.9 Å². The topological polar surface area (TPSA) is 47.6 Å². The molecule has 2 aromatic carbocycles. The molecule has 0 radical (unpaired) electrons. The Hall–Kier alpha value is -1.75. The van der Waals surface area contributed by atoms with Gasteiger partial charge in [-0.25, -0.2) is 0 Å². The van der Waals surface area contributed by atoms with Gasteiger partial charge in [0, 0.05) is 13.0 Å². The molecular formula is C18H19Cl2NO3. The van der Waals surface area contributed by atoms with E-state index < -0.39 is 0 Å². The van der Waals surface area contributed by atoms with Crippen LogP contribution < -0.4 is 10.1 Å². The zero-order valence-electron chi connectivity index (χ0n) is 13.2. The van der Waals surface area contributed by atoms with E-state index in [1.807, 2.05) is 48.5 Å². The van der Waals surface area contributed by atoms with Crippen LogP contribution in [0.4, 0.5) is 0 Å². The maximum absolute atomic E-state index is 11.5. The highest BCUT2D eigenvalue weighted by molar-refractivity contribution is 6.32. The zero-order chi connectivity index (χ0) is 16.2. The zero-order valence-corrected chi connectivity index (χ0v) is 14.8. The van der Waals surface area contributed by atoms with Crippen LogP contribution in [0.5, 0.6) is 5.75 Å². The number of esters is 1. The summed E-state index contributed by atoms with van der Waals surface area (Å²) >= 11 is 6.35. The minimum absolute atomic E-state index is 0. The summed E-state index contributed by atoms with van der Waals surface area (Å²) in [7, 11) is 1.39. The Labute approximate surface area is 152 Å². The summed E-state index contributed by atoms with van der Waals surface area (Å²) in [5.41, 5.74) is 2.15. The van der Waals surface area contributed by atoms with Crippen LogP contribution in [0.1, 0.15) is 6.42 Å². The normalized spacial score (nSPS) is 19.4. The molecule has 0 amide bonds. The molecule has 0 unspecified atom stereocenters. The van der Waals surface area contributed by atoms with Crippen LogP contribution in [0.2, 0.25) is 5.02 Å². The highest BCUT2D eigenvalue weighted by Crippen LogP contribution is 2.31. The van der Waals surface area contributed by atoms with E-state index in [9.17, 15) is 4.79 Å². The molecule has 1 fully saturated rings. The summed E-state index contributed by atoms with van der Waals surface area (Å²) in [6.07, 6.45) is 0.475. The molecule has 3 rings (SSSR count). The maximum Gasteiger partial charge on any atom is 0.323 e. The van der Waals surface area contributed by atoms with Gasteiger partial charge in [-0.1, -0.05) is 48.0 Å². The standard InChI is InChI=1S/C18H18ClNO3.ClH/c1-22-18(21)16-10-14(11-20-16)23-17-8-7-13(9-15(17)19)12-5-3-2-4-6-12;/h2-9,14,16,20H,10-11H2,1H3;1H/t14-,16-;/m0./s1. The molecule has 0 aliphatic carbocycles. The van der Waals surface area contributed by atoms with Gasteiger partial charge in [0.15, 0.2) is 0 Å². The van der Waals surface area contributed by atoms with Crippen LogP contribution in [-0.4, -0.2) is 31.8 Å². The molecule has 2 aromatic rings. The molecule has 1 N–H and O–H groups in total. The van der Waals surface area contributed by atoms with Crippen molar-refractivity contribution in [3.63, 3.8) is 0 Å².